The zero-order chi connectivity index (χ0) is 22.6. The van der Waals surface area contributed by atoms with Gasteiger partial charge < -0.3 is 19.5 Å². The molecule has 0 bridgehead atoms. The highest BCUT2D eigenvalue weighted by Crippen LogP contribution is 2.47. The number of hydrogen-bond acceptors (Lipinski definition) is 6. The number of aliphatic hydroxyl groups excluding tert-OH is 1. The standard InChI is InChI=1S/C22H24ClNO6S/c1-22(2)21(26)20(24-10-4-5-19(24)25)15-11-18(17(29-3)12-16(15)30-22)31(27,28)14-8-6-13(23)7-9-14/h6-9,11-12,20-21,26H,4-5,10H2,1-3H3/t20-,21+/m1/s1. The fraction of sp³-hybridized carbons (Fsp3) is 0.409. The monoisotopic (exact) mass is 465 g/mol. The summed E-state index contributed by atoms with van der Waals surface area (Å²) in [5.41, 5.74) is -0.544. The molecule has 0 aliphatic carbocycles. The van der Waals surface area contributed by atoms with Gasteiger partial charge >= 0.3 is 0 Å². The predicted molar refractivity (Wildman–Crippen MR) is 114 cm³/mol. The number of fused-ring (bicyclic) bond motifs is 1. The van der Waals surface area contributed by atoms with Crippen LogP contribution in [0, 0.1) is 0 Å². The van der Waals surface area contributed by atoms with Crippen LogP contribution >= 0.6 is 11.6 Å². The Hall–Kier alpha value is -2.29. The first kappa shape index (κ1) is 21.9. The molecule has 31 heavy (non-hydrogen) atoms. The van der Waals surface area contributed by atoms with Crippen LogP contribution in [0.3, 0.4) is 0 Å². The Kier molecular flexibility index (Phi) is 5.44. The third-order valence-electron chi connectivity index (χ3n) is 5.86. The van der Waals surface area contributed by atoms with Gasteiger partial charge in [0.05, 0.1) is 18.0 Å². The Morgan fingerprint density at radius 1 is 1.23 bits per heavy atom. The van der Waals surface area contributed by atoms with Gasteiger partial charge in [-0.15, -0.1) is 0 Å². The van der Waals surface area contributed by atoms with Crippen molar-refractivity contribution in [2.75, 3.05) is 13.7 Å². The molecule has 1 N–H and O–H groups in total. The van der Waals surface area contributed by atoms with E-state index in [-0.39, 0.29) is 21.4 Å². The number of rotatable bonds is 4. The summed E-state index contributed by atoms with van der Waals surface area (Å²) in [6, 6.07) is 8.09. The molecule has 1 fully saturated rings. The van der Waals surface area contributed by atoms with Gasteiger partial charge in [0, 0.05) is 29.6 Å². The van der Waals surface area contributed by atoms with Crippen LogP contribution in [-0.2, 0) is 14.6 Å². The number of carbonyl (C=O) groups excluding carboxylic acids is 1. The van der Waals surface area contributed by atoms with E-state index in [1.165, 1.54) is 43.5 Å². The van der Waals surface area contributed by atoms with Crippen LogP contribution in [0.15, 0.2) is 46.2 Å². The lowest BCUT2D eigenvalue weighted by Gasteiger charge is -2.45. The second-order valence-corrected chi connectivity index (χ2v) is 10.6. The van der Waals surface area contributed by atoms with E-state index in [9.17, 15) is 18.3 Å². The van der Waals surface area contributed by atoms with Crippen LogP contribution in [0.2, 0.25) is 5.02 Å². The molecule has 0 saturated carbocycles. The van der Waals surface area contributed by atoms with Crippen LogP contribution < -0.4 is 9.47 Å². The summed E-state index contributed by atoms with van der Waals surface area (Å²) in [4.78, 5) is 14.1. The van der Waals surface area contributed by atoms with Gasteiger partial charge in [-0.2, -0.15) is 0 Å². The number of benzene rings is 2. The third kappa shape index (κ3) is 3.66. The van der Waals surface area contributed by atoms with E-state index in [1.54, 1.807) is 18.7 Å². The molecule has 0 radical (unpaired) electrons. The number of nitrogens with zero attached hydrogens (tertiary/aromatic N) is 1. The van der Waals surface area contributed by atoms with Crippen molar-refractivity contribution in [1.82, 2.24) is 4.90 Å². The molecule has 166 valence electrons. The van der Waals surface area contributed by atoms with Crippen LogP contribution in [0.1, 0.15) is 38.3 Å². The van der Waals surface area contributed by atoms with Crippen molar-refractivity contribution in [2.24, 2.45) is 0 Å². The molecule has 2 aliphatic heterocycles. The summed E-state index contributed by atoms with van der Waals surface area (Å²) < 4.78 is 38.2. The van der Waals surface area contributed by atoms with Gasteiger partial charge in [0.15, 0.2) is 0 Å². The number of amides is 1. The van der Waals surface area contributed by atoms with Crippen molar-refractivity contribution >= 4 is 27.3 Å². The minimum Gasteiger partial charge on any atom is -0.495 e. The maximum Gasteiger partial charge on any atom is 0.223 e. The number of carbonyl (C=O) groups is 1. The third-order valence-corrected chi connectivity index (χ3v) is 7.90. The Bertz CT molecular complexity index is 1130. The first-order chi connectivity index (χ1) is 14.6. The summed E-state index contributed by atoms with van der Waals surface area (Å²) in [5.74, 6) is 0.421. The quantitative estimate of drug-likeness (QED) is 0.744. The highest BCUT2D eigenvalue weighted by Gasteiger charge is 2.48. The summed E-state index contributed by atoms with van der Waals surface area (Å²) in [6.07, 6.45) is 0.0398. The molecule has 9 heteroatoms. The Morgan fingerprint density at radius 3 is 2.48 bits per heavy atom. The SMILES string of the molecule is COc1cc2c(cc1S(=O)(=O)c1ccc(Cl)cc1)[C@@H](N1CCCC1=O)[C@H](O)C(C)(C)O2. The van der Waals surface area contributed by atoms with Gasteiger partial charge in [-0.1, -0.05) is 11.6 Å². The summed E-state index contributed by atoms with van der Waals surface area (Å²) in [6.45, 7) is 3.96. The molecule has 7 nitrogen and oxygen atoms in total. The number of aliphatic hydroxyl groups is 1. The lowest BCUT2D eigenvalue weighted by atomic mass is 9.85. The number of sulfone groups is 1. The molecular formula is C22H24ClNO6S. The van der Waals surface area contributed by atoms with E-state index >= 15 is 0 Å². The van der Waals surface area contributed by atoms with E-state index < -0.39 is 27.6 Å². The number of methoxy groups -OCH3 is 1. The topological polar surface area (TPSA) is 93.1 Å². The molecule has 2 aliphatic rings. The van der Waals surface area contributed by atoms with Crippen LogP contribution in [0.4, 0.5) is 0 Å². The number of halogens is 1. The number of likely N-dealkylation sites (tertiary alicyclic amines) is 1. The maximum absolute atomic E-state index is 13.4. The predicted octanol–water partition coefficient (Wildman–Crippen LogP) is 3.38. The van der Waals surface area contributed by atoms with Gasteiger partial charge in [0.25, 0.3) is 0 Å². The van der Waals surface area contributed by atoms with Crippen molar-refractivity contribution in [3.63, 3.8) is 0 Å². The molecule has 0 unspecified atom stereocenters. The van der Waals surface area contributed by atoms with Gasteiger partial charge in [-0.25, -0.2) is 8.42 Å². The van der Waals surface area contributed by atoms with Crippen molar-refractivity contribution < 1.29 is 27.8 Å². The molecule has 1 saturated heterocycles. The lowest BCUT2D eigenvalue weighted by Crippen LogP contribution is -2.53. The maximum atomic E-state index is 13.4. The van der Waals surface area contributed by atoms with Crippen LogP contribution in [0.25, 0.3) is 0 Å². The smallest absolute Gasteiger partial charge is 0.223 e. The highest BCUT2D eigenvalue weighted by molar-refractivity contribution is 7.91. The fourth-order valence-corrected chi connectivity index (χ4v) is 5.75. The van der Waals surface area contributed by atoms with Gasteiger partial charge in [-0.05, 0) is 50.6 Å². The molecule has 4 rings (SSSR count). The van der Waals surface area contributed by atoms with Crippen molar-refractivity contribution in [1.29, 1.82) is 0 Å². The molecule has 2 aromatic rings. The molecular weight excluding hydrogens is 442 g/mol. The van der Waals surface area contributed by atoms with Gasteiger partial charge in [-0.3, -0.25) is 4.79 Å². The zero-order valence-corrected chi connectivity index (χ0v) is 19.0. The summed E-state index contributed by atoms with van der Waals surface area (Å²) >= 11 is 5.91. The minimum atomic E-state index is -3.96. The van der Waals surface area contributed by atoms with Crippen molar-refractivity contribution in [2.45, 2.75) is 54.2 Å². The van der Waals surface area contributed by atoms with E-state index in [0.717, 1.165) is 0 Å². The largest absolute Gasteiger partial charge is 0.495 e. The summed E-state index contributed by atoms with van der Waals surface area (Å²) in [5, 5.41) is 11.5. The lowest BCUT2D eigenvalue weighted by molar-refractivity contribution is -0.139. The summed E-state index contributed by atoms with van der Waals surface area (Å²) in [7, 11) is -2.58. The number of hydrogen-bond donors (Lipinski definition) is 1. The fourth-order valence-electron chi connectivity index (χ4n) is 4.18. The second kappa shape index (κ2) is 7.69. The minimum absolute atomic E-state index is 0.0570. The Labute approximate surface area is 186 Å². The van der Waals surface area contributed by atoms with E-state index in [0.29, 0.717) is 35.7 Å². The number of ether oxygens (including phenoxy) is 2. The average molecular weight is 466 g/mol. The first-order valence-electron chi connectivity index (χ1n) is 9.95. The van der Waals surface area contributed by atoms with E-state index in [1.807, 2.05) is 0 Å². The second-order valence-electron chi connectivity index (χ2n) is 8.28. The molecule has 0 spiro atoms. The van der Waals surface area contributed by atoms with Crippen LogP contribution in [-0.4, -0.2) is 49.7 Å². The van der Waals surface area contributed by atoms with Gasteiger partial charge in [0.2, 0.25) is 15.7 Å². The Balaban J connectivity index is 1.92. The van der Waals surface area contributed by atoms with E-state index in [4.69, 9.17) is 21.1 Å². The molecule has 1 amide bonds. The zero-order valence-electron chi connectivity index (χ0n) is 17.5. The van der Waals surface area contributed by atoms with Crippen LogP contribution in [0.5, 0.6) is 11.5 Å². The van der Waals surface area contributed by atoms with Gasteiger partial charge in [0.1, 0.15) is 28.1 Å². The first-order valence-corrected chi connectivity index (χ1v) is 11.8. The van der Waals surface area contributed by atoms with E-state index in [2.05, 4.69) is 0 Å². The molecule has 0 aromatic heterocycles. The Morgan fingerprint density at radius 2 is 1.90 bits per heavy atom. The molecule has 2 atom stereocenters. The highest BCUT2D eigenvalue weighted by atomic mass is 35.5. The average Bonchev–Trinajstić information content (AvgIpc) is 3.13. The van der Waals surface area contributed by atoms with Crippen molar-refractivity contribution in [3.8, 4) is 11.5 Å². The van der Waals surface area contributed by atoms with Crippen molar-refractivity contribution in [3.05, 3.63) is 47.0 Å². The molecule has 2 aromatic carbocycles. The normalized spacial score (nSPS) is 22.7. The molecule has 2 heterocycles.